The van der Waals surface area contributed by atoms with Gasteiger partial charge in [0.15, 0.2) is 17.3 Å². The Morgan fingerprint density at radius 2 is 1.91 bits per heavy atom. The topological polar surface area (TPSA) is 104 Å². The molecule has 2 aromatic carbocycles. The summed E-state index contributed by atoms with van der Waals surface area (Å²) >= 11 is 12.9. The first-order valence-corrected chi connectivity index (χ1v) is 11.1. The summed E-state index contributed by atoms with van der Waals surface area (Å²) in [5.74, 6) is 1.75. The Labute approximate surface area is 200 Å². The third-order valence-corrected chi connectivity index (χ3v) is 6.92. The Morgan fingerprint density at radius 3 is 2.67 bits per heavy atom. The zero-order chi connectivity index (χ0) is 23.3. The van der Waals surface area contributed by atoms with Crippen LogP contribution in [0.2, 0.25) is 10.0 Å². The summed E-state index contributed by atoms with van der Waals surface area (Å²) in [7, 11) is 3.18. The van der Waals surface area contributed by atoms with Crippen LogP contribution in [0, 0.1) is 0 Å². The molecule has 0 fully saturated rings. The van der Waals surface area contributed by atoms with Gasteiger partial charge in [0.2, 0.25) is 11.9 Å². The molecule has 0 amide bonds. The number of halogens is 2. The SMILES string of the molecule is COc1ccc([C@@H]2CC(=O)C3=C(C2)Nc2nc(N)nn2[C@@H]3c2cccc(Cl)c2Cl)cc1OC. The highest BCUT2D eigenvalue weighted by atomic mass is 35.5. The Balaban J connectivity index is 1.60. The molecule has 2 atom stereocenters. The van der Waals surface area contributed by atoms with E-state index in [1.807, 2.05) is 24.3 Å². The monoisotopic (exact) mass is 485 g/mol. The maximum atomic E-state index is 13.6. The van der Waals surface area contributed by atoms with Crippen LogP contribution in [0.1, 0.15) is 35.9 Å². The second-order valence-electron chi connectivity index (χ2n) is 7.94. The Kier molecular flexibility index (Phi) is 5.42. The number of benzene rings is 2. The van der Waals surface area contributed by atoms with Crippen LogP contribution >= 0.6 is 23.2 Å². The van der Waals surface area contributed by atoms with E-state index in [2.05, 4.69) is 15.4 Å². The molecule has 2 heterocycles. The van der Waals surface area contributed by atoms with E-state index in [0.717, 1.165) is 11.3 Å². The van der Waals surface area contributed by atoms with E-state index in [1.165, 1.54) is 0 Å². The first-order valence-electron chi connectivity index (χ1n) is 10.3. The van der Waals surface area contributed by atoms with Crippen molar-refractivity contribution >= 4 is 40.9 Å². The van der Waals surface area contributed by atoms with E-state index in [1.54, 1.807) is 31.0 Å². The van der Waals surface area contributed by atoms with Gasteiger partial charge in [-0.25, -0.2) is 4.68 Å². The normalized spacial score (nSPS) is 19.6. The minimum atomic E-state index is -0.578. The maximum Gasteiger partial charge on any atom is 0.241 e. The first kappa shape index (κ1) is 21.6. The number of nitrogens with two attached hydrogens (primary N) is 1. The van der Waals surface area contributed by atoms with Crippen LogP contribution in [0.15, 0.2) is 47.7 Å². The minimum absolute atomic E-state index is 0.00991. The van der Waals surface area contributed by atoms with Crippen molar-refractivity contribution < 1.29 is 14.3 Å². The van der Waals surface area contributed by atoms with Gasteiger partial charge in [-0.15, -0.1) is 5.10 Å². The number of anilines is 2. The first-order chi connectivity index (χ1) is 15.9. The van der Waals surface area contributed by atoms with E-state index in [4.69, 9.17) is 38.4 Å². The number of fused-ring (bicyclic) bond motifs is 1. The summed E-state index contributed by atoms with van der Waals surface area (Å²) in [4.78, 5) is 17.9. The van der Waals surface area contributed by atoms with Crippen molar-refractivity contribution in [2.75, 3.05) is 25.3 Å². The predicted molar refractivity (Wildman–Crippen MR) is 126 cm³/mol. The summed E-state index contributed by atoms with van der Waals surface area (Å²) in [6, 6.07) is 10.5. The molecule has 8 nitrogen and oxygen atoms in total. The smallest absolute Gasteiger partial charge is 0.241 e. The fourth-order valence-corrected chi connectivity index (χ4v) is 5.00. The predicted octanol–water partition coefficient (Wildman–Crippen LogP) is 4.60. The van der Waals surface area contributed by atoms with E-state index in [-0.39, 0.29) is 17.6 Å². The van der Waals surface area contributed by atoms with Crippen LogP contribution in [0.3, 0.4) is 0 Å². The number of carbonyl (C=O) groups excluding carboxylic acids is 1. The molecule has 1 aliphatic heterocycles. The van der Waals surface area contributed by atoms with Gasteiger partial charge in [0.25, 0.3) is 0 Å². The standard InChI is InChI=1S/C23H21Cl2N5O3/c1-32-17-7-6-11(10-18(17)33-2)12-8-15-19(16(31)9-12)21(13-4-3-5-14(24)20(13)25)30-23(27-15)28-22(26)29-30/h3-7,10,12,21H,8-9H2,1-2H3,(H3,26,27,28,29)/t12-,21+/m0/s1. The maximum absolute atomic E-state index is 13.6. The number of allylic oxidation sites excluding steroid dienone is 2. The second-order valence-corrected chi connectivity index (χ2v) is 8.73. The molecule has 0 radical (unpaired) electrons. The van der Waals surface area contributed by atoms with Gasteiger partial charge in [-0.1, -0.05) is 41.4 Å². The highest BCUT2D eigenvalue weighted by molar-refractivity contribution is 6.42. The third-order valence-electron chi connectivity index (χ3n) is 6.09. The average Bonchev–Trinajstić information content (AvgIpc) is 3.18. The lowest BCUT2D eigenvalue weighted by atomic mass is 9.78. The molecule has 0 spiro atoms. The molecule has 5 rings (SSSR count). The molecule has 3 N–H and O–H groups in total. The van der Waals surface area contributed by atoms with Crippen LogP contribution in [-0.2, 0) is 4.79 Å². The summed E-state index contributed by atoms with van der Waals surface area (Å²) in [5.41, 5.74) is 8.91. The molecular formula is C23H21Cl2N5O3. The number of hydrogen-bond acceptors (Lipinski definition) is 7. The Hall–Kier alpha value is -3.23. The molecule has 1 aromatic heterocycles. The molecule has 170 valence electrons. The van der Waals surface area contributed by atoms with Crippen LogP contribution in [0.5, 0.6) is 11.5 Å². The zero-order valence-electron chi connectivity index (χ0n) is 17.9. The largest absolute Gasteiger partial charge is 0.493 e. The van der Waals surface area contributed by atoms with Gasteiger partial charge in [0.1, 0.15) is 6.04 Å². The van der Waals surface area contributed by atoms with Crippen molar-refractivity contribution in [1.82, 2.24) is 14.8 Å². The van der Waals surface area contributed by atoms with Crippen molar-refractivity contribution in [2.24, 2.45) is 0 Å². The number of nitrogens with one attached hydrogen (secondary N) is 1. The third kappa shape index (κ3) is 3.59. The number of carbonyl (C=O) groups is 1. The van der Waals surface area contributed by atoms with E-state index in [9.17, 15) is 4.79 Å². The number of Topliss-reactive ketones (excluding diaryl/α,β-unsaturated/α-hetero) is 1. The quantitative estimate of drug-likeness (QED) is 0.556. The van der Waals surface area contributed by atoms with Crippen molar-refractivity contribution in [2.45, 2.75) is 24.8 Å². The number of hydrogen-bond donors (Lipinski definition) is 2. The molecule has 0 saturated carbocycles. The van der Waals surface area contributed by atoms with Gasteiger partial charge in [0, 0.05) is 23.3 Å². The molecule has 2 aliphatic rings. The summed E-state index contributed by atoms with van der Waals surface area (Å²) in [5, 5.41) is 8.36. The highest BCUT2D eigenvalue weighted by Crippen LogP contribution is 2.47. The van der Waals surface area contributed by atoms with Gasteiger partial charge in [-0.05, 0) is 36.1 Å². The van der Waals surface area contributed by atoms with Gasteiger partial charge in [0.05, 0.1) is 24.3 Å². The molecule has 0 saturated heterocycles. The van der Waals surface area contributed by atoms with Crippen LogP contribution in [0.4, 0.5) is 11.9 Å². The fraction of sp³-hybridized carbons (Fsp3) is 0.261. The number of ether oxygens (including phenoxy) is 2. The lowest BCUT2D eigenvalue weighted by Gasteiger charge is -2.35. The number of rotatable bonds is 4. The lowest BCUT2D eigenvalue weighted by Crippen LogP contribution is -2.33. The van der Waals surface area contributed by atoms with Crippen LogP contribution in [0.25, 0.3) is 0 Å². The Bertz CT molecular complexity index is 1300. The number of ketones is 1. The molecule has 1 aliphatic carbocycles. The van der Waals surface area contributed by atoms with Gasteiger partial charge in [-0.3, -0.25) is 4.79 Å². The van der Waals surface area contributed by atoms with Crippen molar-refractivity contribution in [1.29, 1.82) is 0 Å². The molecule has 0 bridgehead atoms. The van der Waals surface area contributed by atoms with Gasteiger partial charge in [-0.2, -0.15) is 4.98 Å². The molecule has 10 heteroatoms. The van der Waals surface area contributed by atoms with Gasteiger partial charge >= 0.3 is 0 Å². The Morgan fingerprint density at radius 1 is 1.12 bits per heavy atom. The number of methoxy groups -OCH3 is 2. The van der Waals surface area contributed by atoms with Crippen LogP contribution < -0.4 is 20.5 Å². The highest BCUT2D eigenvalue weighted by Gasteiger charge is 2.40. The van der Waals surface area contributed by atoms with Crippen molar-refractivity contribution in [3.63, 3.8) is 0 Å². The summed E-state index contributed by atoms with van der Waals surface area (Å²) < 4.78 is 12.4. The van der Waals surface area contributed by atoms with Gasteiger partial charge < -0.3 is 20.5 Å². The van der Waals surface area contributed by atoms with Crippen molar-refractivity contribution in [3.05, 3.63) is 68.8 Å². The minimum Gasteiger partial charge on any atom is -0.493 e. The summed E-state index contributed by atoms with van der Waals surface area (Å²) in [6.45, 7) is 0. The lowest BCUT2D eigenvalue weighted by molar-refractivity contribution is -0.116. The average molecular weight is 486 g/mol. The van der Waals surface area contributed by atoms with E-state index in [0.29, 0.717) is 51.5 Å². The molecule has 33 heavy (non-hydrogen) atoms. The number of nitrogens with zero attached hydrogens (tertiary/aromatic N) is 3. The second kappa shape index (κ2) is 8.28. The molecule has 3 aromatic rings. The van der Waals surface area contributed by atoms with E-state index < -0.39 is 6.04 Å². The zero-order valence-corrected chi connectivity index (χ0v) is 19.4. The molecular weight excluding hydrogens is 465 g/mol. The van der Waals surface area contributed by atoms with E-state index >= 15 is 0 Å². The number of nitrogen functional groups attached to an aromatic ring is 1. The van der Waals surface area contributed by atoms with Crippen molar-refractivity contribution in [3.8, 4) is 11.5 Å². The summed E-state index contributed by atoms with van der Waals surface area (Å²) in [6.07, 6.45) is 0.919. The fourth-order valence-electron chi connectivity index (χ4n) is 4.59. The number of aromatic nitrogens is 3. The molecule has 0 unspecified atom stereocenters. The van der Waals surface area contributed by atoms with Crippen LogP contribution in [-0.4, -0.2) is 34.8 Å².